The largest absolute Gasteiger partial charge is 2.00 e. The van der Waals surface area contributed by atoms with Crippen molar-refractivity contribution in [2.75, 3.05) is 0 Å². The predicted octanol–water partition coefficient (Wildman–Crippen LogP) is 3.19. The summed E-state index contributed by atoms with van der Waals surface area (Å²) in [5.74, 6) is 0. The molecular weight excluding hydrogens is 395 g/mol. The average Bonchev–Trinajstić information content (AvgIpc) is 2.67. The number of halogens is 1. The molecule has 2 rings (SSSR count). The maximum absolute atomic E-state index is 2.99. The molecule has 0 atom stereocenters. The van der Waals surface area contributed by atoms with Gasteiger partial charge in [-0.15, -0.1) is 29.8 Å². The van der Waals surface area contributed by atoms with Crippen LogP contribution in [-0.2, 0) is 21.1 Å². The third-order valence-corrected chi connectivity index (χ3v) is 1.17. The van der Waals surface area contributed by atoms with E-state index in [4.69, 9.17) is 0 Å². The summed E-state index contributed by atoms with van der Waals surface area (Å²) in [4.78, 5) is 0. The summed E-state index contributed by atoms with van der Waals surface area (Å²) in [5, 5.41) is 0. The van der Waals surface area contributed by atoms with Crippen molar-refractivity contribution in [3.8, 4) is 0 Å². The molecule has 0 amide bonds. The summed E-state index contributed by atoms with van der Waals surface area (Å²) >= 11 is 0. The second-order valence-electron chi connectivity index (χ2n) is 2.01. The molecule has 0 aromatic heterocycles. The molecule has 2 aliphatic rings. The quantitative estimate of drug-likeness (QED) is 0.543. The van der Waals surface area contributed by atoms with E-state index >= 15 is 0 Å². The van der Waals surface area contributed by atoms with Gasteiger partial charge in [0.05, 0.1) is 0 Å². The zero-order chi connectivity index (χ0) is 7.07. The monoisotopic (exact) mass is 405 g/mol. The Morgan fingerprint density at radius 3 is 1.33 bits per heavy atom. The molecule has 0 saturated heterocycles. The van der Waals surface area contributed by atoms with Gasteiger partial charge >= 0.3 is 21.1 Å². The molecule has 0 nitrogen and oxygen atoms in total. The summed E-state index contributed by atoms with van der Waals surface area (Å²) in [6, 6.07) is 0. The summed E-state index contributed by atoms with van der Waals surface area (Å²) < 4.78 is 0. The van der Waals surface area contributed by atoms with Gasteiger partial charge in [-0.05, 0) is 0 Å². The Hall–Kier alpha value is 0.128. The Bertz CT molecular complexity index is 148. The molecule has 0 heterocycles. The van der Waals surface area contributed by atoms with Crippen LogP contribution in [0.5, 0.6) is 0 Å². The van der Waals surface area contributed by atoms with Crippen LogP contribution in [0, 0.1) is 12.2 Å². The van der Waals surface area contributed by atoms with Gasteiger partial charge in [-0.25, -0.2) is 24.3 Å². The molecule has 0 saturated carbocycles. The van der Waals surface area contributed by atoms with Gasteiger partial charge in [0, 0.05) is 0 Å². The smallest absolute Gasteiger partial charge is 0.273 e. The Labute approximate surface area is 99.2 Å². The van der Waals surface area contributed by atoms with Gasteiger partial charge in [0.1, 0.15) is 0 Å². The van der Waals surface area contributed by atoms with Gasteiger partial charge in [-0.2, -0.15) is 12.2 Å². The molecule has 2 heteroatoms. The third-order valence-electron chi connectivity index (χ3n) is 1.17. The van der Waals surface area contributed by atoms with Crippen molar-refractivity contribution in [3.05, 3.63) is 48.6 Å². The van der Waals surface area contributed by atoms with E-state index < -0.39 is 0 Å². The van der Waals surface area contributed by atoms with Crippen LogP contribution >= 0.6 is 17.0 Å². The SMILES string of the molecule is Br.[C-]1=CC=CC1.[C-]1=CC=CC1.[Pt+2]. The van der Waals surface area contributed by atoms with E-state index in [9.17, 15) is 0 Å². The number of hydrogen-bond donors (Lipinski definition) is 0. The van der Waals surface area contributed by atoms with Gasteiger partial charge in [-0.1, -0.05) is 0 Å². The summed E-state index contributed by atoms with van der Waals surface area (Å²) in [6.45, 7) is 0. The first-order chi connectivity index (χ1) is 5.00. The van der Waals surface area contributed by atoms with E-state index in [0.717, 1.165) is 12.8 Å². The maximum atomic E-state index is 2.99. The third kappa shape index (κ3) is 8.23. The Kier molecular flexibility index (Phi) is 13.6. The molecule has 0 unspecified atom stereocenters. The number of rotatable bonds is 0. The van der Waals surface area contributed by atoms with E-state index in [2.05, 4.69) is 24.3 Å². The van der Waals surface area contributed by atoms with Gasteiger partial charge in [0.25, 0.3) is 0 Å². The summed E-state index contributed by atoms with van der Waals surface area (Å²) in [5.41, 5.74) is 0. The van der Waals surface area contributed by atoms with Crippen molar-refractivity contribution in [2.24, 2.45) is 0 Å². The standard InChI is InChI=1S/2C5H5.BrH.Pt/c2*1-2-4-5-3-1;;/h2*1-3H,4H2;1H;/q2*-1;;+2. The van der Waals surface area contributed by atoms with Crippen LogP contribution in [0.2, 0.25) is 0 Å². The average molecular weight is 406 g/mol. The van der Waals surface area contributed by atoms with Crippen molar-refractivity contribution in [1.82, 2.24) is 0 Å². The zero-order valence-corrected chi connectivity index (χ0v) is 10.6. The minimum Gasteiger partial charge on any atom is -0.273 e. The number of hydrogen-bond acceptors (Lipinski definition) is 0. The van der Waals surface area contributed by atoms with Gasteiger partial charge in [0.15, 0.2) is 0 Å². The fourth-order valence-corrected chi connectivity index (χ4v) is 0.680. The van der Waals surface area contributed by atoms with Crippen LogP contribution in [0.1, 0.15) is 12.8 Å². The van der Waals surface area contributed by atoms with Crippen molar-refractivity contribution in [1.29, 1.82) is 0 Å². The second-order valence-corrected chi connectivity index (χ2v) is 2.01. The molecule has 0 fully saturated rings. The molecule has 0 aromatic rings. The molecule has 12 heavy (non-hydrogen) atoms. The van der Waals surface area contributed by atoms with E-state index in [-0.39, 0.29) is 38.0 Å². The van der Waals surface area contributed by atoms with Crippen LogP contribution in [0.4, 0.5) is 0 Å². The molecular formula is C10H11BrPt. The summed E-state index contributed by atoms with van der Waals surface area (Å²) in [7, 11) is 0. The van der Waals surface area contributed by atoms with Crippen molar-refractivity contribution in [3.63, 3.8) is 0 Å². The first-order valence-electron chi connectivity index (χ1n) is 3.43. The fourth-order valence-electron chi connectivity index (χ4n) is 0.680. The Balaban J connectivity index is 0. The first kappa shape index (κ1) is 14.6. The van der Waals surface area contributed by atoms with E-state index in [1.807, 2.05) is 24.3 Å². The van der Waals surface area contributed by atoms with Crippen LogP contribution in [0.15, 0.2) is 36.5 Å². The van der Waals surface area contributed by atoms with E-state index in [0.29, 0.717) is 0 Å². The second kappa shape index (κ2) is 11.1. The van der Waals surface area contributed by atoms with Crippen LogP contribution in [0.25, 0.3) is 0 Å². The molecule has 0 aliphatic heterocycles. The Morgan fingerprint density at radius 1 is 0.833 bits per heavy atom. The molecule has 0 bridgehead atoms. The van der Waals surface area contributed by atoms with E-state index in [1.54, 1.807) is 0 Å². The van der Waals surface area contributed by atoms with Crippen molar-refractivity contribution in [2.45, 2.75) is 12.8 Å². The topological polar surface area (TPSA) is 0 Å². The van der Waals surface area contributed by atoms with Gasteiger partial charge in [-0.3, -0.25) is 12.2 Å². The van der Waals surface area contributed by atoms with Crippen molar-refractivity contribution >= 4 is 17.0 Å². The number of allylic oxidation sites excluding steroid dienone is 8. The van der Waals surface area contributed by atoms with Gasteiger partial charge in [0.2, 0.25) is 0 Å². The van der Waals surface area contributed by atoms with Crippen LogP contribution < -0.4 is 0 Å². The van der Waals surface area contributed by atoms with E-state index in [1.165, 1.54) is 0 Å². The molecule has 0 radical (unpaired) electrons. The maximum Gasteiger partial charge on any atom is 2.00 e. The molecule has 0 aromatic carbocycles. The minimum absolute atomic E-state index is 0. The van der Waals surface area contributed by atoms with Gasteiger partial charge < -0.3 is 0 Å². The minimum atomic E-state index is 0. The van der Waals surface area contributed by atoms with Crippen LogP contribution in [-0.4, -0.2) is 0 Å². The molecule has 0 N–H and O–H groups in total. The normalized spacial score (nSPS) is 14.7. The zero-order valence-electron chi connectivity index (χ0n) is 6.60. The van der Waals surface area contributed by atoms with Crippen molar-refractivity contribution < 1.29 is 21.1 Å². The molecule has 68 valence electrons. The fraction of sp³-hybridized carbons (Fsp3) is 0.200. The summed E-state index contributed by atoms with van der Waals surface area (Å²) in [6.07, 6.45) is 20.0. The molecule has 0 spiro atoms. The first-order valence-corrected chi connectivity index (χ1v) is 3.43. The predicted molar refractivity (Wildman–Crippen MR) is 53.5 cm³/mol. The Morgan fingerprint density at radius 2 is 1.25 bits per heavy atom. The molecule has 2 aliphatic carbocycles. The van der Waals surface area contributed by atoms with Crippen LogP contribution in [0.3, 0.4) is 0 Å².